The fourth-order valence-electron chi connectivity index (χ4n) is 2.08. The molecule has 1 aromatic carbocycles. The maximum Gasteiger partial charge on any atom is 0.244 e. The average molecular weight is 353 g/mol. The van der Waals surface area contributed by atoms with Crippen LogP contribution in [-0.2, 0) is 10.0 Å². The Morgan fingerprint density at radius 1 is 1.19 bits per heavy atom. The summed E-state index contributed by atoms with van der Waals surface area (Å²) in [5.41, 5.74) is 5.79. The molecular weight excluding hydrogens is 331 g/mol. The van der Waals surface area contributed by atoms with Crippen LogP contribution in [-0.4, -0.2) is 14.5 Å². The Kier molecular flexibility index (Phi) is 6.78. The molecule has 1 rings (SSSR count). The third-order valence-electron chi connectivity index (χ3n) is 3.08. The van der Waals surface area contributed by atoms with E-state index in [-0.39, 0.29) is 21.6 Å². The third kappa shape index (κ3) is 5.66. The Labute approximate surface area is 137 Å². The Balaban J connectivity index is 2.83. The van der Waals surface area contributed by atoms with Gasteiger partial charge in [0.25, 0.3) is 0 Å². The van der Waals surface area contributed by atoms with Crippen LogP contribution >= 0.6 is 23.2 Å². The van der Waals surface area contributed by atoms with Crippen LogP contribution in [0.5, 0.6) is 0 Å². The Hall–Kier alpha value is -0.490. The molecule has 0 spiro atoms. The number of benzene rings is 1. The normalized spacial score (nSPS) is 13.6. The molecule has 0 fully saturated rings. The standard InChI is InChI=1S/C14H22Cl2N2O2S/c1-9(2)5-4-6-10(3)18-21(19,20)14-12(16)7-11(15)8-13(14)17/h7-10,18H,4-6,17H2,1-3H3. The fourth-order valence-corrected chi connectivity index (χ4v) is 4.34. The van der Waals surface area contributed by atoms with Gasteiger partial charge in [-0.1, -0.05) is 49.9 Å². The lowest BCUT2D eigenvalue weighted by Gasteiger charge is -2.16. The number of anilines is 1. The van der Waals surface area contributed by atoms with Crippen LogP contribution in [0.1, 0.15) is 40.0 Å². The van der Waals surface area contributed by atoms with Gasteiger partial charge in [0.1, 0.15) is 4.90 Å². The number of nitrogen functional groups attached to an aromatic ring is 1. The van der Waals surface area contributed by atoms with Crippen molar-refractivity contribution >= 4 is 38.9 Å². The van der Waals surface area contributed by atoms with E-state index in [2.05, 4.69) is 18.6 Å². The summed E-state index contributed by atoms with van der Waals surface area (Å²) in [6.45, 7) is 6.12. The van der Waals surface area contributed by atoms with E-state index in [1.807, 2.05) is 6.92 Å². The van der Waals surface area contributed by atoms with Crippen LogP contribution in [0.2, 0.25) is 10.0 Å². The quantitative estimate of drug-likeness (QED) is 0.726. The maximum atomic E-state index is 12.4. The number of rotatable bonds is 7. The number of hydrogen-bond donors (Lipinski definition) is 2. The van der Waals surface area contributed by atoms with Gasteiger partial charge in [-0.05, 0) is 31.4 Å². The lowest BCUT2D eigenvalue weighted by Crippen LogP contribution is -2.33. The predicted molar refractivity (Wildman–Crippen MR) is 89.3 cm³/mol. The van der Waals surface area contributed by atoms with Crippen molar-refractivity contribution in [1.82, 2.24) is 4.72 Å². The molecule has 0 radical (unpaired) electrons. The van der Waals surface area contributed by atoms with Crippen molar-refractivity contribution in [3.8, 4) is 0 Å². The van der Waals surface area contributed by atoms with E-state index in [0.717, 1.165) is 19.3 Å². The summed E-state index contributed by atoms with van der Waals surface area (Å²) in [6.07, 6.45) is 2.80. The van der Waals surface area contributed by atoms with Gasteiger partial charge in [-0.15, -0.1) is 0 Å². The molecule has 7 heteroatoms. The molecule has 120 valence electrons. The third-order valence-corrected chi connectivity index (χ3v) is 5.41. The minimum atomic E-state index is -3.75. The van der Waals surface area contributed by atoms with E-state index in [1.165, 1.54) is 12.1 Å². The first-order chi connectivity index (χ1) is 9.63. The van der Waals surface area contributed by atoms with Crippen molar-refractivity contribution in [2.45, 2.75) is 51.0 Å². The Morgan fingerprint density at radius 2 is 1.81 bits per heavy atom. The van der Waals surface area contributed by atoms with Gasteiger partial charge in [0.2, 0.25) is 10.0 Å². The molecule has 0 aliphatic carbocycles. The fraction of sp³-hybridized carbons (Fsp3) is 0.571. The van der Waals surface area contributed by atoms with Crippen molar-refractivity contribution in [1.29, 1.82) is 0 Å². The number of sulfonamides is 1. The van der Waals surface area contributed by atoms with Crippen LogP contribution < -0.4 is 10.5 Å². The maximum absolute atomic E-state index is 12.4. The molecule has 1 atom stereocenters. The van der Waals surface area contributed by atoms with Crippen LogP contribution in [0.3, 0.4) is 0 Å². The summed E-state index contributed by atoms with van der Waals surface area (Å²) in [5, 5.41) is 0.336. The van der Waals surface area contributed by atoms with Crippen LogP contribution in [0, 0.1) is 5.92 Å². The molecule has 3 N–H and O–H groups in total. The van der Waals surface area contributed by atoms with Gasteiger partial charge in [0.05, 0.1) is 10.7 Å². The summed E-state index contributed by atoms with van der Waals surface area (Å²) < 4.78 is 27.4. The molecule has 1 aromatic rings. The number of nitrogens with two attached hydrogens (primary N) is 1. The molecule has 0 aliphatic heterocycles. The molecule has 21 heavy (non-hydrogen) atoms. The number of halogens is 2. The lowest BCUT2D eigenvalue weighted by molar-refractivity contribution is 0.488. The molecule has 0 saturated carbocycles. The molecule has 1 unspecified atom stereocenters. The van der Waals surface area contributed by atoms with Crippen molar-refractivity contribution in [3.05, 3.63) is 22.2 Å². The summed E-state index contributed by atoms with van der Waals surface area (Å²) in [6, 6.07) is 2.57. The SMILES string of the molecule is CC(C)CCCC(C)NS(=O)(=O)c1c(N)cc(Cl)cc1Cl. The first-order valence-electron chi connectivity index (χ1n) is 6.90. The van der Waals surface area contributed by atoms with Gasteiger partial charge in [-0.3, -0.25) is 0 Å². The summed E-state index contributed by atoms with van der Waals surface area (Å²) in [5.74, 6) is 0.607. The number of hydrogen-bond acceptors (Lipinski definition) is 3. The predicted octanol–water partition coefficient (Wildman–Crippen LogP) is 4.07. The van der Waals surface area contributed by atoms with E-state index in [1.54, 1.807) is 0 Å². The highest BCUT2D eigenvalue weighted by atomic mass is 35.5. The van der Waals surface area contributed by atoms with Crippen LogP contribution in [0.25, 0.3) is 0 Å². The van der Waals surface area contributed by atoms with Crippen LogP contribution in [0.4, 0.5) is 5.69 Å². The molecule has 4 nitrogen and oxygen atoms in total. The monoisotopic (exact) mass is 352 g/mol. The molecule has 0 bridgehead atoms. The largest absolute Gasteiger partial charge is 0.398 e. The Bertz CT molecular complexity index is 566. The van der Waals surface area contributed by atoms with Gasteiger partial charge < -0.3 is 5.73 Å². The molecular formula is C14H22Cl2N2O2S. The zero-order chi connectivity index (χ0) is 16.2. The minimum Gasteiger partial charge on any atom is -0.398 e. The molecule has 0 aliphatic rings. The van der Waals surface area contributed by atoms with Crippen molar-refractivity contribution in [2.75, 3.05) is 5.73 Å². The van der Waals surface area contributed by atoms with Crippen molar-refractivity contribution in [3.63, 3.8) is 0 Å². The van der Waals surface area contributed by atoms with Gasteiger partial charge in [-0.2, -0.15) is 0 Å². The summed E-state index contributed by atoms with van der Waals surface area (Å²) in [7, 11) is -3.75. The second-order valence-electron chi connectivity index (χ2n) is 5.65. The van der Waals surface area contributed by atoms with Gasteiger partial charge in [0, 0.05) is 11.1 Å². The smallest absolute Gasteiger partial charge is 0.244 e. The van der Waals surface area contributed by atoms with Crippen molar-refractivity contribution < 1.29 is 8.42 Å². The first-order valence-corrected chi connectivity index (χ1v) is 9.14. The highest BCUT2D eigenvalue weighted by Gasteiger charge is 2.23. The van der Waals surface area contributed by atoms with E-state index >= 15 is 0 Å². The average Bonchev–Trinajstić information content (AvgIpc) is 2.24. The molecule has 0 aromatic heterocycles. The summed E-state index contributed by atoms with van der Waals surface area (Å²) >= 11 is 11.8. The van der Waals surface area contributed by atoms with Gasteiger partial charge in [0.15, 0.2) is 0 Å². The highest BCUT2D eigenvalue weighted by molar-refractivity contribution is 7.89. The lowest BCUT2D eigenvalue weighted by atomic mass is 10.0. The topological polar surface area (TPSA) is 72.2 Å². The van der Waals surface area contributed by atoms with E-state index in [0.29, 0.717) is 10.9 Å². The van der Waals surface area contributed by atoms with Crippen molar-refractivity contribution in [2.24, 2.45) is 5.92 Å². The minimum absolute atomic E-state index is 0.0295. The zero-order valence-electron chi connectivity index (χ0n) is 12.5. The molecule has 0 heterocycles. The second-order valence-corrected chi connectivity index (χ2v) is 8.15. The number of nitrogens with one attached hydrogen (secondary N) is 1. The van der Waals surface area contributed by atoms with E-state index in [9.17, 15) is 8.42 Å². The van der Waals surface area contributed by atoms with Gasteiger partial charge >= 0.3 is 0 Å². The first kappa shape index (κ1) is 18.6. The van der Waals surface area contributed by atoms with Crippen LogP contribution in [0.15, 0.2) is 17.0 Å². The zero-order valence-corrected chi connectivity index (χ0v) is 14.8. The molecule has 0 amide bonds. The van der Waals surface area contributed by atoms with E-state index in [4.69, 9.17) is 28.9 Å². The second kappa shape index (κ2) is 7.68. The van der Waals surface area contributed by atoms with E-state index < -0.39 is 10.0 Å². The highest BCUT2D eigenvalue weighted by Crippen LogP contribution is 2.31. The Morgan fingerprint density at radius 3 is 2.33 bits per heavy atom. The molecule has 0 saturated heterocycles. The summed E-state index contributed by atoms with van der Waals surface area (Å²) in [4.78, 5) is -0.107. The van der Waals surface area contributed by atoms with Gasteiger partial charge in [-0.25, -0.2) is 13.1 Å².